The molecule has 1 rings (SSSR count). The van der Waals surface area contributed by atoms with Crippen LogP contribution in [0.15, 0.2) is 12.4 Å². The fourth-order valence-electron chi connectivity index (χ4n) is 1.06. The molecule has 0 spiro atoms. The summed E-state index contributed by atoms with van der Waals surface area (Å²) in [4.78, 5) is 11.6. The second kappa shape index (κ2) is 3.92. The molecule has 0 aliphatic carbocycles. The van der Waals surface area contributed by atoms with Crippen LogP contribution >= 0.6 is 0 Å². The number of carbonyl (C=O) groups excluding carboxylic acids is 1. The summed E-state index contributed by atoms with van der Waals surface area (Å²) in [5, 5.41) is 3.96. The molecule has 1 heterocycles. The maximum atomic E-state index is 11.6. The normalized spacial score (nSPS) is 13.6. The van der Waals surface area contributed by atoms with Crippen molar-refractivity contribution in [1.29, 1.82) is 0 Å². The summed E-state index contributed by atoms with van der Waals surface area (Å²) < 4.78 is 6.71. The number of anilines is 1. The number of rotatable bonds is 2. The van der Waals surface area contributed by atoms with Gasteiger partial charge in [-0.3, -0.25) is 4.68 Å². The van der Waals surface area contributed by atoms with E-state index >= 15 is 0 Å². The fourth-order valence-corrected chi connectivity index (χ4v) is 1.06. The summed E-state index contributed by atoms with van der Waals surface area (Å²) in [5.74, 6) is -0.314. The van der Waals surface area contributed by atoms with E-state index in [4.69, 9.17) is 10.5 Å². The molecule has 0 saturated carbocycles. The molecule has 0 aliphatic heterocycles. The molecule has 5 nitrogen and oxygen atoms in total. The van der Waals surface area contributed by atoms with E-state index in [0.717, 1.165) is 0 Å². The Kier molecular flexibility index (Phi) is 3.02. The zero-order valence-corrected chi connectivity index (χ0v) is 9.52. The van der Waals surface area contributed by atoms with Gasteiger partial charge in [0.15, 0.2) is 0 Å². The number of nitrogen functional groups attached to an aromatic ring is 1. The molecule has 1 aromatic heterocycles. The Morgan fingerprint density at radius 2 is 2.20 bits per heavy atom. The zero-order valence-electron chi connectivity index (χ0n) is 9.52. The molecule has 0 radical (unpaired) electrons. The molecule has 0 saturated heterocycles. The molecule has 0 amide bonds. The molecule has 0 aliphatic rings. The number of ether oxygens (including phenoxy) is 1. The lowest BCUT2D eigenvalue weighted by Gasteiger charge is -2.22. The third-order valence-electron chi connectivity index (χ3n) is 1.77. The minimum absolute atomic E-state index is 0.314. The van der Waals surface area contributed by atoms with Crippen molar-refractivity contribution in [3.05, 3.63) is 12.4 Å². The van der Waals surface area contributed by atoms with Crippen molar-refractivity contribution in [2.45, 2.75) is 39.3 Å². The van der Waals surface area contributed by atoms with Crippen LogP contribution in [0.3, 0.4) is 0 Å². The molecule has 1 unspecified atom stereocenters. The minimum Gasteiger partial charge on any atom is -0.458 e. The molecule has 0 fully saturated rings. The molecule has 1 atom stereocenters. The van der Waals surface area contributed by atoms with Gasteiger partial charge in [0.1, 0.15) is 11.6 Å². The predicted molar refractivity (Wildman–Crippen MR) is 57.2 cm³/mol. The van der Waals surface area contributed by atoms with Crippen molar-refractivity contribution in [3.8, 4) is 0 Å². The standard InChI is InChI=1S/C10H17N3O2/c1-7(9(14)15-10(2,3)4)13-6-8(11)5-12-13/h5-7H,11H2,1-4H3. The molecular weight excluding hydrogens is 194 g/mol. The van der Waals surface area contributed by atoms with Crippen LogP contribution in [0.1, 0.15) is 33.7 Å². The van der Waals surface area contributed by atoms with Gasteiger partial charge in [-0.15, -0.1) is 0 Å². The molecule has 15 heavy (non-hydrogen) atoms. The van der Waals surface area contributed by atoms with E-state index in [1.54, 1.807) is 13.1 Å². The van der Waals surface area contributed by atoms with Gasteiger partial charge in [0, 0.05) is 6.20 Å². The van der Waals surface area contributed by atoms with Crippen molar-refractivity contribution in [3.63, 3.8) is 0 Å². The number of aromatic nitrogens is 2. The molecule has 84 valence electrons. The average Bonchev–Trinajstić information content (AvgIpc) is 2.47. The van der Waals surface area contributed by atoms with E-state index in [0.29, 0.717) is 5.69 Å². The number of nitrogens with zero attached hydrogens (tertiary/aromatic N) is 2. The Balaban J connectivity index is 2.69. The molecule has 1 aromatic rings. The fraction of sp³-hybridized carbons (Fsp3) is 0.600. The molecule has 0 bridgehead atoms. The van der Waals surface area contributed by atoms with Crippen LogP contribution in [0.4, 0.5) is 5.69 Å². The first-order valence-electron chi connectivity index (χ1n) is 4.82. The van der Waals surface area contributed by atoms with Crippen molar-refractivity contribution < 1.29 is 9.53 Å². The number of hydrogen-bond acceptors (Lipinski definition) is 4. The lowest BCUT2D eigenvalue weighted by molar-refractivity contribution is -0.158. The van der Waals surface area contributed by atoms with Gasteiger partial charge >= 0.3 is 5.97 Å². The van der Waals surface area contributed by atoms with Gasteiger partial charge in [-0.2, -0.15) is 5.10 Å². The Hall–Kier alpha value is -1.52. The average molecular weight is 211 g/mol. The topological polar surface area (TPSA) is 70.1 Å². The third-order valence-corrected chi connectivity index (χ3v) is 1.77. The van der Waals surface area contributed by atoms with Gasteiger partial charge in [-0.1, -0.05) is 0 Å². The van der Waals surface area contributed by atoms with Crippen LogP contribution < -0.4 is 5.73 Å². The molecule has 0 aromatic carbocycles. The maximum Gasteiger partial charge on any atom is 0.331 e. The Labute approximate surface area is 89.2 Å². The zero-order chi connectivity index (χ0) is 11.6. The first-order chi connectivity index (χ1) is 6.79. The van der Waals surface area contributed by atoms with E-state index < -0.39 is 11.6 Å². The molecule has 2 N–H and O–H groups in total. The molecular formula is C10H17N3O2. The summed E-state index contributed by atoms with van der Waals surface area (Å²) in [6.45, 7) is 7.21. The first-order valence-corrected chi connectivity index (χ1v) is 4.82. The van der Waals surface area contributed by atoms with Crippen molar-refractivity contribution >= 4 is 11.7 Å². The summed E-state index contributed by atoms with van der Waals surface area (Å²) in [6, 6.07) is -0.457. The highest BCUT2D eigenvalue weighted by atomic mass is 16.6. The minimum atomic E-state index is -0.482. The van der Waals surface area contributed by atoms with E-state index in [1.165, 1.54) is 10.9 Å². The second-order valence-corrected chi connectivity index (χ2v) is 4.46. The van der Waals surface area contributed by atoms with Crippen LogP contribution in [0.25, 0.3) is 0 Å². The van der Waals surface area contributed by atoms with E-state index in [2.05, 4.69) is 5.10 Å². The highest BCUT2D eigenvalue weighted by Crippen LogP contribution is 2.15. The Bertz CT molecular complexity index is 352. The van der Waals surface area contributed by atoms with Gasteiger partial charge in [0.05, 0.1) is 11.9 Å². The summed E-state index contributed by atoms with van der Waals surface area (Å²) in [5.41, 5.74) is 5.56. The molecule has 5 heteroatoms. The van der Waals surface area contributed by atoms with Crippen LogP contribution in [0.2, 0.25) is 0 Å². The lowest BCUT2D eigenvalue weighted by atomic mass is 10.2. The Morgan fingerprint density at radius 1 is 1.60 bits per heavy atom. The highest BCUT2D eigenvalue weighted by Gasteiger charge is 2.23. The van der Waals surface area contributed by atoms with Gasteiger partial charge in [-0.05, 0) is 27.7 Å². The summed E-state index contributed by atoms with van der Waals surface area (Å²) >= 11 is 0. The maximum absolute atomic E-state index is 11.6. The van der Waals surface area contributed by atoms with Crippen molar-refractivity contribution in [2.24, 2.45) is 0 Å². The van der Waals surface area contributed by atoms with Gasteiger partial charge in [0.2, 0.25) is 0 Å². The lowest BCUT2D eigenvalue weighted by Crippen LogP contribution is -2.29. The number of carbonyl (C=O) groups is 1. The quantitative estimate of drug-likeness (QED) is 0.750. The second-order valence-electron chi connectivity index (χ2n) is 4.46. The largest absolute Gasteiger partial charge is 0.458 e. The van der Waals surface area contributed by atoms with Crippen LogP contribution in [-0.4, -0.2) is 21.4 Å². The Morgan fingerprint density at radius 3 is 2.60 bits per heavy atom. The van der Waals surface area contributed by atoms with Crippen LogP contribution in [0, 0.1) is 0 Å². The van der Waals surface area contributed by atoms with Crippen molar-refractivity contribution in [1.82, 2.24) is 9.78 Å². The number of hydrogen-bond donors (Lipinski definition) is 1. The van der Waals surface area contributed by atoms with E-state index in [9.17, 15) is 4.79 Å². The van der Waals surface area contributed by atoms with Gasteiger partial charge in [-0.25, -0.2) is 4.79 Å². The number of esters is 1. The SMILES string of the molecule is CC(C(=O)OC(C)(C)C)n1cc(N)cn1. The third kappa shape index (κ3) is 3.27. The van der Waals surface area contributed by atoms with E-state index in [1.807, 2.05) is 20.8 Å². The van der Waals surface area contributed by atoms with E-state index in [-0.39, 0.29) is 5.97 Å². The monoisotopic (exact) mass is 211 g/mol. The predicted octanol–water partition coefficient (Wildman–Crippen LogP) is 1.37. The van der Waals surface area contributed by atoms with Gasteiger partial charge < -0.3 is 10.5 Å². The highest BCUT2D eigenvalue weighted by molar-refractivity contribution is 5.74. The van der Waals surface area contributed by atoms with Gasteiger partial charge in [0.25, 0.3) is 0 Å². The smallest absolute Gasteiger partial charge is 0.331 e. The van der Waals surface area contributed by atoms with Crippen LogP contribution in [-0.2, 0) is 9.53 Å². The summed E-state index contributed by atoms with van der Waals surface area (Å²) in [7, 11) is 0. The summed E-state index contributed by atoms with van der Waals surface area (Å²) in [6.07, 6.45) is 3.11. The first kappa shape index (κ1) is 11.6. The number of nitrogens with two attached hydrogens (primary N) is 1. The van der Waals surface area contributed by atoms with Crippen LogP contribution in [0.5, 0.6) is 0 Å². The van der Waals surface area contributed by atoms with Crippen molar-refractivity contribution in [2.75, 3.05) is 5.73 Å².